The van der Waals surface area contributed by atoms with Crippen LogP contribution in [0.5, 0.6) is 5.75 Å². The number of benzene rings is 1. The molecule has 0 radical (unpaired) electrons. The summed E-state index contributed by atoms with van der Waals surface area (Å²) in [7, 11) is 4.13. The molecule has 19 heavy (non-hydrogen) atoms. The van der Waals surface area contributed by atoms with Crippen molar-refractivity contribution in [3.8, 4) is 5.75 Å². The summed E-state index contributed by atoms with van der Waals surface area (Å²) in [4.78, 5) is 12.7. The monoisotopic (exact) mass is 283 g/mol. The average molecular weight is 283 g/mol. The molecule has 0 aromatic heterocycles. The molecule has 0 bridgehead atoms. The summed E-state index contributed by atoms with van der Waals surface area (Å²) in [5, 5.41) is 8.66. The van der Waals surface area contributed by atoms with E-state index in [2.05, 4.69) is 19.0 Å². The maximum Gasteiger partial charge on any atom is 0.307 e. The number of carbonyl (C=O) groups is 1. The van der Waals surface area contributed by atoms with Crippen LogP contribution in [0.3, 0.4) is 0 Å². The van der Waals surface area contributed by atoms with Gasteiger partial charge in [0.2, 0.25) is 0 Å². The summed E-state index contributed by atoms with van der Waals surface area (Å²) in [5.41, 5.74) is 0.792. The number of carboxylic acid groups (broad SMARTS) is 1. The fourth-order valence-corrected chi connectivity index (χ4v) is 2.35. The van der Waals surface area contributed by atoms with E-state index < -0.39 is 5.97 Å². The Bertz CT molecular complexity index is 379. The highest BCUT2D eigenvalue weighted by molar-refractivity contribution is 7.99. The van der Waals surface area contributed by atoms with Crippen molar-refractivity contribution in [1.29, 1.82) is 0 Å². The lowest BCUT2D eigenvalue weighted by Gasteiger charge is -2.09. The highest BCUT2D eigenvalue weighted by atomic mass is 32.2. The fraction of sp³-hybridized carbons (Fsp3) is 0.500. The van der Waals surface area contributed by atoms with E-state index in [1.807, 2.05) is 23.9 Å². The van der Waals surface area contributed by atoms with Crippen molar-refractivity contribution in [3.05, 3.63) is 29.8 Å². The van der Waals surface area contributed by atoms with Gasteiger partial charge in [-0.15, -0.1) is 0 Å². The van der Waals surface area contributed by atoms with Gasteiger partial charge in [0.1, 0.15) is 5.75 Å². The molecule has 1 rings (SSSR count). The zero-order chi connectivity index (χ0) is 14.1. The molecule has 1 aromatic carbocycles. The van der Waals surface area contributed by atoms with Gasteiger partial charge in [0.05, 0.1) is 13.0 Å². The highest BCUT2D eigenvalue weighted by Gasteiger charge is 2.00. The van der Waals surface area contributed by atoms with E-state index in [4.69, 9.17) is 9.84 Å². The van der Waals surface area contributed by atoms with Gasteiger partial charge in [0, 0.05) is 18.1 Å². The van der Waals surface area contributed by atoms with E-state index in [-0.39, 0.29) is 6.42 Å². The zero-order valence-corrected chi connectivity index (χ0v) is 12.3. The van der Waals surface area contributed by atoms with Crippen molar-refractivity contribution in [3.63, 3.8) is 0 Å². The molecule has 0 saturated heterocycles. The summed E-state index contributed by atoms with van der Waals surface area (Å²) in [5.74, 6) is 2.05. The number of aliphatic carboxylic acids is 1. The van der Waals surface area contributed by atoms with Gasteiger partial charge < -0.3 is 14.7 Å². The third kappa shape index (κ3) is 7.74. The first kappa shape index (κ1) is 15.9. The van der Waals surface area contributed by atoms with Crippen molar-refractivity contribution in [2.24, 2.45) is 0 Å². The summed E-state index contributed by atoms with van der Waals surface area (Å²) in [6.45, 7) is 1.75. The summed E-state index contributed by atoms with van der Waals surface area (Å²) in [6, 6.07) is 7.23. The molecule has 5 heteroatoms. The Balaban J connectivity index is 2.17. The van der Waals surface area contributed by atoms with Crippen LogP contribution in [0.1, 0.15) is 5.56 Å². The second-order valence-corrected chi connectivity index (χ2v) is 5.70. The van der Waals surface area contributed by atoms with Gasteiger partial charge in [0.25, 0.3) is 0 Å². The number of thioether (sulfide) groups is 1. The zero-order valence-electron chi connectivity index (χ0n) is 11.5. The van der Waals surface area contributed by atoms with Gasteiger partial charge in [-0.05, 0) is 31.8 Å². The van der Waals surface area contributed by atoms with Gasteiger partial charge in [-0.1, -0.05) is 12.1 Å². The van der Waals surface area contributed by atoms with Crippen molar-refractivity contribution in [2.75, 3.05) is 38.8 Å². The van der Waals surface area contributed by atoms with Crippen LogP contribution >= 0.6 is 11.8 Å². The Hall–Kier alpha value is -1.20. The molecule has 106 valence electrons. The Morgan fingerprint density at radius 1 is 1.26 bits per heavy atom. The Morgan fingerprint density at radius 3 is 2.53 bits per heavy atom. The standard InChI is InChI=1S/C14H21NO3S/c1-15(2)7-9-19-10-8-18-13-5-3-12(4-6-13)11-14(16)17/h3-6H,7-11H2,1-2H3,(H,16,17). The number of carboxylic acids is 1. The maximum atomic E-state index is 10.5. The van der Waals surface area contributed by atoms with Gasteiger partial charge in [-0.3, -0.25) is 4.79 Å². The van der Waals surface area contributed by atoms with E-state index in [1.54, 1.807) is 12.1 Å². The predicted molar refractivity (Wildman–Crippen MR) is 79.2 cm³/mol. The summed E-state index contributed by atoms with van der Waals surface area (Å²) >= 11 is 1.87. The van der Waals surface area contributed by atoms with Crippen LogP contribution in [0.2, 0.25) is 0 Å². The largest absolute Gasteiger partial charge is 0.493 e. The Kier molecular flexibility index (Phi) is 7.36. The smallest absolute Gasteiger partial charge is 0.307 e. The minimum Gasteiger partial charge on any atom is -0.493 e. The van der Waals surface area contributed by atoms with E-state index in [9.17, 15) is 4.79 Å². The molecule has 0 spiro atoms. The van der Waals surface area contributed by atoms with Crippen LogP contribution in [0, 0.1) is 0 Å². The summed E-state index contributed by atoms with van der Waals surface area (Å²) < 4.78 is 5.59. The van der Waals surface area contributed by atoms with Crippen LogP contribution in [0.4, 0.5) is 0 Å². The van der Waals surface area contributed by atoms with Gasteiger partial charge in [0.15, 0.2) is 0 Å². The molecule has 0 aliphatic heterocycles. The lowest BCUT2D eigenvalue weighted by Crippen LogP contribution is -2.15. The number of rotatable bonds is 9. The van der Waals surface area contributed by atoms with Gasteiger partial charge in [-0.25, -0.2) is 0 Å². The van der Waals surface area contributed by atoms with Crippen molar-refractivity contribution < 1.29 is 14.6 Å². The number of hydrogen-bond donors (Lipinski definition) is 1. The van der Waals surface area contributed by atoms with E-state index >= 15 is 0 Å². The van der Waals surface area contributed by atoms with Crippen LogP contribution < -0.4 is 4.74 Å². The van der Waals surface area contributed by atoms with Crippen molar-refractivity contribution >= 4 is 17.7 Å². The van der Waals surface area contributed by atoms with Crippen molar-refractivity contribution in [1.82, 2.24) is 4.90 Å². The minimum absolute atomic E-state index is 0.0562. The van der Waals surface area contributed by atoms with E-state index in [0.29, 0.717) is 6.61 Å². The lowest BCUT2D eigenvalue weighted by molar-refractivity contribution is -0.136. The Morgan fingerprint density at radius 2 is 1.95 bits per heavy atom. The van der Waals surface area contributed by atoms with Crippen LogP contribution in [0.15, 0.2) is 24.3 Å². The molecular weight excluding hydrogens is 262 g/mol. The highest BCUT2D eigenvalue weighted by Crippen LogP contribution is 2.13. The normalized spacial score (nSPS) is 10.7. The first-order valence-corrected chi connectivity index (χ1v) is 7.39. The molecule has 1 N–H and O–H groups in total. The SMILES string of the molecule is CN(C)CCSCCOc1ccc(CC(=O)O)cc1. The molecule has 0 atom stereocenters. The topological polar surface area (TPSA) is 49.8 Å². The first-order valence-electron chi connectivity index (χ1n) is 6.24. The third-order valence-corrected chi connectivity index (χ3v) is 3.38. The predicted octanol–water partition coefficient (Wildman–Crippen LogP) is 1.99. The van der Waals surface area contributed by atoms with Crippen LogP contribution in [-0.2, 0) is 11.2 Å². The summed E-state index contributed by atoms with van der Waals surface area (Å²) in [6.07, 6.45) is 0.0562. The number of ether oxygens (including phenoxy) is 1. The maximum absolute atomic E-state index is 10.5. The molecule has 0 saturated carbocycles. The van der Waals surface area contributed by atoms with Crippen molar-refractivity contribution in [2.45, 2.75) is 6.42 Å². The molecule has 4 nitrogen and oxygen atoms in total. The number of hydrogen-bond acceptors (Lipinski definition) is 4. The molecule has 0 heterocycles. The molecule has 0 fully saturated rings. The second kappa shape index (κ2) is 8.82. The quantitative estimate of drug-likeness (QED) is 0.702. The average Bonchev–Trinajstić information content (AvgIpc) is 2.34. The van der Waals surface area contributed by atoms with Gasteiger partial charge in [-0.2, -0.15) is 11.8 Å². The molecule has 0 aliphatic carbocycles. The molecule has 0 unspecified atom stereocenters. The molecular formula is C14H21NO3S. The third-order valence-electron chi connectivity index (χ3n) is 2.46. The lowest BCUT2D eigenvalue weighted by atomic mass is 10.1. The molecule has 0 aliphatic rings. The molecule has 1 aromatic rings. The first-order chi connectivity index (χ1) is 9.08. The van der Waals surface area contributed by atoms with E-state index in [1.165, 1.54) is 0 Å². The molecule has 0 amide bonds. The van der Waals surface area contributed by atoms with Crippen LogP contribution in [-0.4, -0.2) is 54.7 Å². The Labute approximate surface area is 118 Å². The second-order valence-electron chi connectivity index (χ2n) is 4.48. The number of nitrogens with zero attached hydrogens (tertiary/aromatic N) is 1. The van der Waals surface area contributed by atoms with Gasteiger partial charge >= 0.3 is 5.97 Å². The van der Waals surface area contributed by atoms with E-state index in [0.717, 1.165) is 29.4 Å². The minimum atomic E-state index is -0.814. The van der Waals surface area contributed by atoms with Crippen LogP contribution in [0.25, 0.3) is 0 Å². The fourth-order valence-electron chi connectivity index (χ4n) is 1.45.